The third kappa shape index (κ3) is 3.63. The number of nitriles is 1. The fraction of sp³-hybridized carbons (Fsp3) is 0.500. The van der Waals surface area contributed by atoms with Gasteiger partial charge >= 0.3 is 0 Å². The van der Waals surface area contributed by atoms with Crippen LogP contribution in [-0.4, -0.2) is 19.7 Å². The number of nitrogens with zero attached hydrogens (tertiary/aromatic N) is 1. The van der Waals surface area contributed by atoms with E-state index in [2.05, 4.69) is 11.4 Å². The first kappa shape index (κ1) is 13.2. The summed E-state index contributed by atoms with van der Waals surface area (Å²) in [4.78, 5) is 0. The van der Waals surface area contributed by atoms with Gasteiger partial charge in [0.15, 0.2) is 0 Å². The van der Waals surface area contributed by atoms with Crippen LogP contribution in [0.25, 0.3) is 0 Å². The lowest BCUT2D eigenvalue weighted by molar-refractivity contribution is 0.253. The van der Waals surface area contributed by atoms with Gasteiger partial charge in [-0.1, -0.05) is 11.6 Å². The molecule has 1 N–H and O–H groups in total. The summed E-state index contributed by atoms with van der Waals surface area (Å²) in [7, 11) is 0. The largest absolute Gasteiger partial charge is 0.492 e. The van der Waals surface area contributed by atoms with E-state index in [9.17, 15) is 0 Å². The van der Waals surface area contributed by atoms with Crippen molar-refractivity contribution in [1.82, 2.24) is 5.32 Å². The second-order valence-corrected chi connectivity index (χ2v) is 5.04. The molecule has 2 rings (SSSR count). The van der Waals surface area contributed by atoms with E-state index in [0.29, 0.717) is 28.9 Å². The predicted molar refractivity (Wildman–Crippen MR) is 71.9 cm³/mol. The Balaban J connectivity index is 1.86. The van der Waals surface area contributed by atoms with Gasteiger partial charge in [-0.25, -0.2) is 0 Å². The van der Waals surface area contributed by atoms with Crippen LogP contribution in [-0.2, 0) is 0 Å². The first-order valence-corrected chi connectivity index (χ1v) is 6.70. The first-order valence-electron chi connectivity index (χ1n) is 6.33. The molecule has 0 radical (unpaired) electrons. The molecule has 1 aliphatic rings. The van der Waals surface area contributed by atoms with Crippen molar-refractivity contribution in [1.29, 1.82) is 5.26 Å². The van der Waals surface area contributed by atoms with Crippen molar-refractivity contribution < 1.29 is 4.74 Å². The van der Waals surface area contributed by atoms with Crippen LogP contribution >= 0.6 is 11.6 Å². The zero-order chi connectivity index (χ0) is 12.8. The molecule has 1 unspecified atom stereocenters. The number of benzene rings is 1. The number of nitrogens with one attached hydrogen (secondary N) is 1. The smallest absolute Gasteiger partial charge is 0.138 e. The van der Waals surface area contributed by atoms with Crippen molar-refractivity contribution in [2.24, 2.45) is 5.92 Å². The van der Waals surface area contributed by atoms with E-state index in [1.807, 2.05) is 0 Å². The Morgan fingerprint density at radius 1 is 1.50 bits per heavy atom. The van der Waals surface area contributed by atoms with Gasteiger partial charge in [0.2, 0.25) is 0 Å². The summed E-state index contributed by atoms with van der Waals surface area (Å²) in [6.45, 7) is 2.84. The van der Waals surface area contributed by atoms with Crippen LogP contribution in [0.3, 0.4) is 0 Å². The van der Waals surface area contributed by atoms with Gasteiger partial charge in [-0.15, -0.1) is 0 Å². The molecular formula is C14H17ClN2O. The maximum Gasteiger partial charge on any atom is 0.138 e. The van der Waals surface area contributed by atoms with Crippen LogP contribution in [0.1, 0.15) is 24.8 Å². The summed E-state index contributed by atoms with van der Waals surface area (Å²) in [6, 6.07) is 7.22. The summed E-state index contributed by atoms with van der Waals surface area (Å²) >= 11 is 5.90. The average molecular weight is 265 g/mol. The Kier molecular flexibility index (Phi) is 4.86. The molecule has 1 atom stereocenters. The molecule has 18 heavy (non-hydrogen) atoms. The first-order chi connectivity index (χ1) is 8.79. The van der Waals surface area contributed by atoms with Gasteiger partial charge in [-0.2, -0.15) is 5.26 Å². The lowest BCUT2D eigenvalue weighted by atomic mass is 9.97. The molecule has 96 valence electrons. The molecule has 1 aliphatic heterocycles. The minimum absolute atomic E-state index is 0.543. The zero-order valence-electron chi connectivity index (χ0n) is 10.3. The van der Waals surface area contributed by atoms with Crippen molar-refractivity contribution in [3.63, 3.8) is 0 Å². The van der Waals surface area contributed by atoms with Gasteiger partial charge < -0.3 is 10.1 Å². The van der Waals surface area contributed by atoms with E-state index in [1.54, 1.807) is 18.2 Å². The summed E-state index contributed by atoms with van der Waals surface area (Å²) in [6.07, 6.45) is 3.52. The van der Waals surface area contributed by atoms with Crippen LogP contribution in [0.2, 0.25) is 5.02 Å². The van der Waals surface area contributed by atoms with Gasteiger partial charge in [0, 0.05) is 11.1 Å². The topological polar surface area (TPSA) is 45.0 Å². The fourth-order valence-electron chi connectivity index (χ4n) is 2.21. The zero-order valence-corrected chi connectivity index (χ0v) is 11.0. The third-order valence-electron chi connectivity index (χ3n) is 3.25. The molecule has 1 aromatic rings. The lowest BCUT2D eigenvalue weighted by Gasteiger charge is -2.22. The molecule has 0 amide bonds. The monoisotopic (exact) mass is 264 g/mol. The van der Waals surface area contributed by atoms with Crippen LogP contribution in [0.4, 0.5) is 0 Å². The summed E-state index contributed by atoms with van der Waals surface area (Å²) in [5.74, 6) is 1.28. The minimum Gasteiger partial charge on any atom is -0.492 e. The van der Waals surface area contributed by atoms with Gasteiger partial charge in [0.1, 0.15) is 11.8 Å². The molecule has 1 saturated heterocycles. The summed E-state index contributed by atoms with van der Waals surface area (Å²) in [5, 5.41) is 13.0. The van der Waals surface area contributed by atoms with Crippen LogP contribution in [0, 0.1) is 17.2 Å². The third-order valence-corrected chi connectivity index (χ3v) is 3.48. The second-order valence-electron chi connectivity index (χ2n) is 4.60. The molecule has 4 heteroatoms. The van der Waals surface area contributed by atoms with E-state index in [-0.39, 0.29) is 0 Å². The number of hydrogen-bond donors (Lipinski definition) is 1. The van der Waals surface area contributed by atoms with Crippen molar-refractivity contribution >= 4 is 11.6 Å². The second kappa shape index (κ2) is 6.63. The maximum absolute atomic E-state index is 8.97. The molecule has 0 spiro atoms. The quantitative estimate of drug-likeness (QED) is 0.909. The Morgan fingerprint density at radius 3 is 3.11 bits per heavy atom. The van der Waals surface area contributed by atoms with Crippen molar-refractivity contribution in [3.8, 4) is 11.8 Å². The molecule has 0 saturated carbocycles. The highest BCUT2D eigenvalue weighted by Gasteiger charge is 2.13. The van der Waals surface area contributed by atoms with Crippen molar-refractivity contribution in [2.75, 3.05) is 19.7 Å². The number of hydrogen-bond acceptors (Lipinski definition) is 3. The molecule has 1 aromatic carbocycles. The molecule has 1 fully saturated rings. The number of ether oxygens (including phenoxy) is 1. The Hall–Kier alpha value is -1.24. The van der Waals surface area contributed by atoms with Gasteiger partial charge in [-0.05, 0) is 50.4 Å². The van der Waals surface area contributed by atoms with E-state index < -0.39 is 0 Å². The lowest BCUT2D eigenvalue weighted by Crippen LogP contribution is -2.30. The van der Waals surface area contributed by atoms with Crippen LogP contribution < -0.4 is 10.1 Å². The molecule has 0 bridgehead atoms. The predicted octanol–water partition coefficient (Wildman–Crippen LogP) is 2.98. The Labute approximate surface area is 113 Å². The number of rotatable bonds is 4. The Bertz CT molecular complexity index is 436. The summed E-state index contributed by atoms with van der Waals surface area (Å²) in [5.41, 5.74) is 0.543. The fourth-order valence-corrected chi connectivity index (χ4v) is 2.38. The average Bonchev–Trinajstić information content (AvgIpc) is 2.40. The molecular weight excluding hydrogens is 248 g/mol. The number of halogens is 1. The minimum atomic E-state index is 0.543. The van der Waals surface area contributed by atoms with E-state index in [0.717, 1.165) is 19.5 Å². The Morgan fingerprint density at radius 2 is 2.39 bits per heavy atom. The normalized spacial score (nSPS) is 19.2. The molecule has 0 aromatic heterocycles. The molecule has 1 heterocycles. The van der Waals surface area contributed by atoms with E-state index in [1.165, 1.54) is 12.8 Å². The SMILES string of the molecule is N#Cc1ccc(Cl)cc1OCCC1CCCNC1. The standard InChI is InChI=1S/C14H17ClN2O/c15-13-4-3-12(9-16)14(8-13)18-7-5-11-2-1-6-17-10-11/h3-4,8,11,17H,1-2,5-7,10H2. The highest BCUT2D eigenvalue weighted by atomic mass is 35.5. The molecule has 3 nitrogen and oxygen atoms in total. The van der Waals surface area contributed by atoms with Gasteiger partial charge in [0.05, 0.1) is 12.2 Å². The summed E-state index contributed by atoms with van der Waals surface area (Å²) < 4.78 is 5.68. The van der Waals surface area contributed by atoms with Gasteiger partial charge in [0.25, 0.3) is 0 Å². The number of piperidine rings is 1. The van der Waals surface area contributed by atoms with Crippen molar-refractivity contribution in [3.05, 3.63) is 28.8 Å². The molecule has 0 aliphatic carbocycles. The highest BCUT2D eigenvalue weighted by molar-refractivity contribution is 6.30. The maximum atomic E-state index is 8.97. The van der Waals surface area contributed by atoms with Crippen LogP contribution in [0.15, 0.2) is 18.2 Å². The van der Waals surface area contributed by atoms with Gasteiger partial charge in [-0.3, -0.25) is 0 Å². The van der Waals surface area contributed by atoms with Crippen molar-refractivity contribution in [2.45, 2.75) is 19.3 Å². The van der Waals surface area contributed by atoms with E-state index >= 15 is 0 Å². The van der Waals surface area contributed by atoms with E-state index in [4.69, 9.17) is 21.6 Å². The van der Waals surface area contributed by atoms with Crippen LogP contribution in [0.5, 0.6) is 5.75 Å². The highest BCUT2D eigenvalue weighted by Crippen LogP contribution is 2.23.